The van der Waals surface area contributed by atoms with E-state index >= 15 is 0 Å². The van der Waals surface area contributed by atoms with Crippen LogP contribution in [0.4, 0.5) is 5.69 Å². The number of thiazole rings is 1. The number of rotatable bonds is 4. The van der Waals surface area contributed by atoms with Gasteiger partial charge in [0, 0.05) is 17.5 Å². The summed E-state index contributed by atoms with van der Waals surface area (Å²) in [5.74, 6) is 0. The van der Waals surface area contributed by atoms with Gasteiger partial charge in [0.1, 0.15) is 0 Å². The second-order valence-corrected chi connectivity index (χ2v) is 7.03. The first kappa shape index (κ1) is 20.0. The summed E-state index contributed by atoms with van der Waals surface area (Å²) in [6, 6.07) is 13.8. The van der Waals surface area contributed by atoms with Crippen LogP contribution in [0, 0.1) is 6.92 Å². The molecule has 25 heavy (non-hydrogen) atoms. The van der Waals surface area contributed by atoms with Gasteiger partial charge in [-0.3, -0.25) is 0 Å². The van der Waals surface area contributed by atoms with Gasteiger partial charge in [-0.05, 0) is 31.2 Å². The van der Waals surface area contributed by atoms with Gasteiger partial charge >= 0.3 is 0 Å². The molecule has 0 radical (unpaired) electrons. The van der Waals surface area contributed by atoms with Crippen molar-refractivity contribution in [3.63, 3.8) is 0 Å². The molecule has 0 fully saturated rings. The number of nitrogens with zero attached hydrogens (tertiary/aromatic N) is 2. The van der Waals surface area contributed by atoms with E-state index in [0.717, 1.165) is 21.7 Å². The van der Waals surface area contributed by atoms with Crippen LogP contribution < -0.4 is 4.80 Å². The standard InChI is InChI=1S/C19H16Cl2N2S.BrH/c1-3-10-23-18(14-6-9-16(20)17(21)11-14)12-24-19(23)22-15-7-4-13(2)5-8-15;/h3-9,11-12H,1,10H2,2H3;1H. The predicted molar refractivity (Wildman–Crippen MR) is 115 cm³/mol. The Morgan fingerprint density at radius 1 is 1.12 bits per heavy atom. The van der Waals surface area contributed by atoms with E-state index in [2.05, 4.69) is 35.6 Å². The topological polar surface area (TPSA) is 17.3 Å². The highest BCUT2D eigenvalue weighted by Crippen LogP contribution is 2.29. The molecule has 0 spiro atoms. The van der Waals surface area contributed by atoms with Crippen molar-refractivity contribution in [2.45, 2.75) is 13.5 Å². The summed E-state index contributed by atoms with van der Waals surface area (Å²) in [6.07, 6.45) is 1.86. The van der Waals surface area contributed by atoms with Crippen molar-refractivity contribution in [1.82, 2.24) is 4.57 Å². The highest BCUT2D eigenvalue weighted by molar-refractivity contribution is 8.93. The minimum absolute atomic E-state index is 0. The average molecular weight is 456 g/mol. The molecule has 3 aromatic rings. The summed E-state index contributed by atoms with van der Waals surface area (Å²) in [7, 11) is 0. The van der Waals surface area contributed by atoms with Crippen LogP contribution in [-0.2, 0) is 6.54 Å². The molecule has 0 saturated carbocycles. The molecule has 1 aromatic heterocycles. The second kappa shape index (κ2) is 8.86. The van der Waals surface area contributed by atoms with Crippen LogP contribution in [0.5, 0.6) is 0 Å². The Bertz CT molecular complexity index is 943. The monoisotopic (exact) mass is 454 g/mol. The van der Waals surface area contributed by atoms with E-state index in [9.17, 15) is 0 Å². The van der Waals surface area contributed by atoms with Crippen molar-refractivity contribution in [2.24, 2.45) is 4.99 Å². The number of halogens is 3. The maximum absolute atomic E-state index is 6.16. The zero-order valence-corrected chi connectivity index (χ0v) is 17.6. The fraction of sp³-hybridized carbons (Fsp3) is 0.105. The van der Waals surface area contributed by atoms with E-state index in [1.54, 1.807) is 11.3 Å². The zero-order valence-electron chi connectivity index (χ0n) is 13.6. The summed E-state index contributed by atoms with van der Waals surface area (Å²) in [6.45, 7) is 6.59. The van der Waals surface area contributed by atoms with Gasteiger partial charge in [0.2, 0.25) is 0 Å². The number of hydrogen-bond acceptors (Lipinski definition) is 2. The van der Waals surface area contributed by atoms with Crippen LogP contribution >= 0.6 is 51.5 Å². The van der Waals surface area contributed by atoms with Crippen LogP contribution in [0.2, 0.25) is 10.0 Å². The summed E-state index contributed by atoms with van der Waals surface area (Å²) in [5, 5.41) is 3.17. The van der Waals surface area contributed by atoms with E-state index in [4.69, 9.17) is 28.2 Å². The van der Waals surface area contributed by atoms with Crippen molar-refractivity contribution in [1.29, 1.82) is 0 Å². The van der Waals surface area contributed by atoms with Gasteiger partial charge in [-0.2, -0.15) is 0 Å². The molecule has 0 aliphatic heterocycles. The molecular formula is C19H17BrCl2N2S. The zero-order chi connectivity index (χ0) is 17.1. The highest BCUT2D eigenvalue weighted by atomic mass is 79.9. The molecule has 2 nitrogen and oxygen atoms in total. The lowest BCUT2D eigenvalue weighted by Gasteiger charge is -2.07. The fourth-order valence-corrected chi connectivity index (χ4v) is 3.58. The highest BCUT2D eigenvalue weighted by Gasteiger charge is 2.09. The first-order valence-corrected chi connectivity index (χ1v) is 9.08. The molecule has 0 N–H and O–H groups in total. The van der Waals surface area contributed by atoms with Gasteiger partial charge in [0.05, 0.1) is 21.4 Å². The average Bonchev–Trinajstić information content (AvgIpc) is 2.95. The smallest absolute Gasteiger partial charge is 0.190 e. The summed E-state index contributed by atoms with van der Waals surface area (Å²) < 4.78 is 2.12. The van der Waals surface area contributed by atoms with E-state index in [-0.39, 0.29) is 17.0 Å². The van der Waals surface area contributed by atoms with E-state index in [1.165, 1.54) is 5.56 Å². The van der Waals surface area contributed by atoms with Gasteiger partial charge in [0.15, 0.2) is 4.80 Å². The minimum Gasteiger partial charge on any atom is -0.313 e. The number of aryl methyl sites for hydroxylation is 1. The molecule has 0 bridgehead atoms. The molecule has 6 heteroatoms. The van der Waals surface area contributed by atoms with Crippen molar-refractivity contribution >= 4 is 57.2 Å². The predicted octanol–water partition coefficient (Wildman–Crippen LogP) is 6.83. The third-order valence-corrected chi connectivity index (χ3v) is 5.19. The lowest BCUT2D eigenvalue weighted by atomic mass is 10.2. The third-order valence-electron chi connectivity index (χ3n) is 3.58. The molecule has 0 aliphatic rings. The summed E-state index contributed by atoms with van der Waals surface area (Å²) in [4.78, 5) is 5.68. The number of hydrogen-bond donors (Lipinski definition) is 0. The molecule has 0 amide bonds. The quantitative estimate of drug-likeness (QED) is 0.383. The lowest BCUT2D eigenvalue weighted by Crippen LogP contribution is -2.14. The van der Waals surface area contributed by atoms with Gasteiger partial charge in [0.25, 0.3) is 0 Å². The normalized spacial score (nSPS) is 11.2. The maximum Gasteiger partial charge on any atom is 0.190 e. The Morgan fingerprint density at radius 2 is 1.84 bits per heavy atom. The number of benzene rings is 2. The first-order chi connectivity index (χ1) is 11.6. The Kier molecular flexibility index (Phi) is 7.08. The molecule has 1 heterocycles. The SMILES string of the molecule is Br.C=CCn1c(-c2ccc(Cl)c(Cl)c2)csc1=Nc1ccc(C)cc1. The Balaban J connectivity index is 0.00000225. The minimum atomic E-state index is 0. The third kappa shape index (κ3) is 4.64. The van der Waals surface area contributed by atoms with E-state index in [1.807, 2.05) is 36.4 Å². The summed E-state index contributed by atoms with van der Waals surface area (Å²) in [5.41, 5.74) is 4.20. The Labute approximate surface area is 171 Å². The van der Waals surface area contributed by atoms with E-state index in [0.29, 0.717) is 16.6 Å². The lowest BCUT2D eigenvalue weighted by molar-refractivity contribution is 0.800. The molecule has 3 rings (SSSR count). The largest absolute Gasteiger partial charge is 0.313 e. The van der Waals surface area contributed by atoms with Crippen molar-refractivity contribution in [2.75, 3.05) is 0 Å². The molecule has 0 saturated heterocycles. The van der Waals surface area contributed by atoms with E-state index < -0.39 is 0 Å². The number of allylic oxidation sites excluding steroid dienone is 1. The summed E-state index contributed by atoms with van der Waals surface area (Å²) >= 11 is 13.8. The van der Waals surface area contributed by atoms with Crippen molar-refractivity contribution in [3.8, 4) is 11.3 Å². The maximum atomic E-state index is 6.16. The van der Waals surface area contributed by atoms with Crippen LogP contribution in [0.1, 0.15) is 5.56 Å². The van der Waals surface area contributed by atoms with Gasteiger partial charge < -0.3 is 4.57 Å². The Hall–Kier alpha value is -1.33. The van der Waals surface area contributed by atoms with Gasteiger partial charge in [-0.25, -0.2) is 4.99 Å². The van der Waals surface area contributed by atoms with Crippen molar-refractivity contribution in [3.05, 3.63) is 80.9 Å². The fourth-order valence-electron chi connectivity index (χ4n) is 2.34. The molecular weight excluding hydrogens is 439 g/mol. The van der Waals surface area contributed by atoms with Crippen molar-refractivity contribution < 1.29 is 0 Å². The molecule has 0 unspecified atom stereocenters. The molecule has 130 valence electrons. The molecule has 0 aliphatic carbocycles. The molecule has 0 atom stereocenters. The van der Waals surface area contributed by atoms with Gasteiger partial charge in [-0.1, -0.05) is 53.0 Å². The van der Waals surface area contributed by atoms with Crippen LogP contribution in [0.25, 0.3) is 11.3 Å². The molecule has 2 aromatic carbocycles. The second-order valence-electron chi connectivity index (χ2n) is 5.38. The van der Waals surface area contributed by atoms with Crippen LogP contribution in [0.15, 0.2) is 65.5 Å². The van der Waals surface area contributed by atoms with Crippen LogP contribution in [0.3, 0.4) is 0 Å². The first-order valence-electron chi connectivity index (χ1n) is 7.44. The van der Waals surface area contributed by atoms with Crippen LogP contribution in [-0.4, -0.2) is 4.57 Å². The Morgan fingerprint density at radius 3 is 2.48 bits per heavy atom. The number of aromatic nitrogens is 1. The van der Waals surface area contributed by atoms with Gasteiger partial charge in [-0.15, -0.1) is 34.9 Å².